The van der Waals surface area contributed by atoms with E-state index in [0.29, 0.717) is 12.2 Å². The third kappa shape index (κ3) is 3.28. The predicted octanol–water partition coefficient (Wildman–Crippen LogP) is 1.86. The van der Waals surface area contributed by atoms with Gasteiger partial charge in [0.1, 0.15) is 10.7 Å². The molecular formula is C11H19N3OS. The minimum absolute atomic E-state index is 0.0275. The van der Waals surface area contributed by atoms with Gasteiger partial charge < -0.3 is 10.6 Å². The van der Waals surface area contributed by atoms with Gasteiger partial charge in [-0.15, -0.1) is 11.3 Å². The van der Waals surface area contributed by atoms with E-state index in [1.54, 1.807) is 5.38 Å². The number of rotatable bonds is 6. The van der Waals surface area contributed by atoms with Gasteiger partial charge in [0.05, 0.1) is 0 Å². The van der Waals surface area contributed by atoms with Crippen LogP contribution in [0.3, 0.4) is 0 Å². The molecule has 0 unspecified atom stereocenters. The van der Waals surface area contributed by atoms with E-state index in [1.165, 1.54) is 11.3 Å². The van der Waals surface area contributed by atoms with Crippen molar-refractivity contribution in [2.24, 2.45) is 5.73 Å². The average molecular weight is 241 g/mol. The standard InChI is InChI=1S/C11H19N3OS/c1-3-5-14(6-4-2)11(15)9-8-16-10(7-12)13-9/h8H,3-7,12H2,1-2H3. The van der Waals surface area contributed by atoms with Crippen LogP contribution in [0.25, 0.3) is 0 Å². The highest BCUT2D eigenvalue weighted by atomic mass is 32.1. The molecule has 0 atom stereocenters. The molecule has 0 aliphatic carbocycles. The molecule has 0 fully saturated rings. The fourth-order valence-corrected chi connectivity index (χ4v) is 2.17. The summed E-state index contributed by atoms with van der Waals surface area (Å²) in [6.45, 7) is 6.13. The molecule has 1 rings (SSSR count). The first-order valence-electron chi connectivity index (χ1n) is 5.66. The van der Waals surface area contributed by atoms with Crippen molar-refractivity contribution in [2.45, 2.75) is 33.2 Å². The van der Waals surface area contributed by atoms with Crippen LogP contribution in [-0.2, 0) is 6.54 Å². The molecule has 1 heterocycles. The zero-order valence-electron chi connectivity index (χ0n) is 9.90. The summed E-state index contributed by atoms with van der Waals surface area (Å²) in [6, 6.07) is 0. The minimum atomic E-state index is 0.0275. The molecule has 16 heavy (non-hydrogen) atoms. The largest absolute Gasteiger partial charge is 0.337 e. The quantitative estimate of drug-likeness (QED) is 0.827. The molecular weight excluding hydrogens is 222 g/mol. The Morgan fingerprint density at radius 3 is 2.50 bits per heavy atom. The number of hydrogen-bond donors (Lipinski definition) is 1. The van der Waals surface area contributed by atoms with Gasteiger partial charge in [0.25, 0.3) is 5.91 Å². The van der Waals surface area contributed by atoms with E-state index in [-0.39, 0.29) is 5.91 Å². The summed E-state index contributed by atoms with van der Waals surface area (Å²) >= 11 is 1.45. The summed E-state index contributed by atoms with van der Waals surface area (Å²) in [7, 11) is 0. The number of carbonyl (C=O) groups excluding carboxylic acids is 1. The van der Waals surface area contributed by atoms with E-state index in [9.17, 15) is 4.79 Å². The molecule has 90 valence electrons. The van der Waals surface area contributed by atoms with E-state index in [4.69, 9.17) is 5.73 Å². The van der Waals surface area contributed by atoms with Crippen LogP contribution in [0.1, 0.15) is 42.2 Å². The van der Waals surface area contributed by atoms with Crippen molar-refractivity contribution in [3.8, 4) is 0 Å². The Morgan fingerprint density at radius 1 is 1.44 bits per heavy atom. The van der Waals surface area contributed by atoms with Gasteiger partial charge in [-0.05, 0) is 12.8 Å². The molecule has 4 nitrogen and oxygen atoms in total. The van der Waals surface area contributed by atoms with E-state index in [1.807, 2.05) is 4.90 Å². The lowest BCUT2D eigenvalue weighted by atomic mass is 10.3. The van der Waals surface area contributed by atoms with Crippen LogP contribution in [0.2, 0.25) is 0 Å². The molecule has 1 aromatic rings. The van der Waals surface area contributed by atoms with Crippen molar-refractivity contribution in [3.63, 3.8) is 0 Å². The van der Waals surface area contributed by atoms with Crippen molar-refractivity contribution < 1.29 is 4.79 Å². The van der Waals surface area contributed by atoms with Crippen LogP contribution in [0.5, 0.6) is 0 Å². The Morgan fingerprint density at radius 2 is 2.06 bits per heavy atom. The lowest BCUT2D eigenvalue weighted by molar-refractivity contribution is 0.0750. The zero-order valence-corrected chi connectivity index (χ0v) is 10.7. The molecule has 0 spiro atoms. The maximum atomic E-state index is 12.1. The number of carbonyl (C=O) groups is 1. The van der Waals surface area contributed by atoms with Crippen LogP contribution >= 0.6 is 11.3 Å². The minimum Gasteiger partial charge on any atom is -0.337 e. The summed E-state index contributed by atoms with van der Waals surface area (Å²) in [6.07, 6.45) is 1.94. The Kier molecular flexibility index (Phi) is 5.42. The maximum Gasteiger partial charge on any atom is 0.273 e. The topological polar surface area (TPSA) is 59.2 Å². The molecule has 0 aromatic carbocycles. The monoisotopic (exact) mass is 241 g/mol. The van der Waals surface area contributed by atoms with Crippen molar-refractivity contribution in [1.29, 1.82) is 0 Å². The number of amides is 1. The highest BCUT2D eigenvalue weighted by Crippen LogP contribution is 2.11. The van der Waals surface area contributed by atoms with Crippen molar-refractivity contribution in [3.05, 3.63) is 16.1 Å². The third-order valence-electron chi connectivity index (χ3n) is 2.22. The molecule has 0 bridgehead atoms. The average Bonchev–Trinajstić information content (AvgIpc) is 2.76. The van der Waals surface area contributed by atoms with Gasteiger partial charge in [-0.25, -0.2) is 4.98 Å². The summed E-state index contributed by atoms with van der Waals surface area (Å²) < 4.78 is 0. The number of nitrogens with zero attached hydrogens (tertiary/aromatic N) is 2. The summed E-state index contributed by atoms with van der Waals surface area (Å²) in [4.78, 5) is 18.2. The maximum absolute atomic E-state index is 12.1. The number of hydrogen-bond acceptors (Lipinski definition) is 4. The second-order valence-electron chi connectivity index (χ2n) is 3.62. The Balaban J connectivity index is 2.72. The first-order chi connectivity index (χ1) is 7.72. The van der Waals surface area contributed by atoms with Crippen molar-refractivity contribution >= 4 is 17.2 Å². The number of nitrogens with two attached hydrogens (primary N) is 1. The fourth-order valence-electron chi connectivity index (χ4n) is 1.52. The molecule has 2 N–H and O–H groups in total. The van der Waals surface area contributed by atoms with E-state index < -0.39 is 0 Å². The molecule has 1 amide bonds. The van der Waals surface area contributed by atoms with Crippen LogP contribution in [0, 0.1) is 0 Å². The summed E-state index contributed by atoms with van der Waals surface area (Å²) in [5, 5.41) is 2.61. The number of aromatic nitrogens is 1. The normalized spacial score (nSPS) is 10.4. The van der Waals surface area contributed by atoms with Crippen molar-refractivity contribution in [2.75, 3.05) is 13.1 Å². The predicted molar refractivity (Wildman–Crippen MR) is 66.5 cm³/mol. The molecule has 0 aliphatic heterocycles. The van der Waals surface area contributed by atoms with Crippen LogP contribution in [-0.4, -0.2) is 28.9 Å². The van der Waals surface area contributed by atoms with Crippen LogP contribution < -0.4 is 5.73 Å². The number of thiazole rings is 1. The molecule has 0 saturated carbocycles. The lowest BCUT2D eigenvalue weighted by Crippen LogP contribution is -2.32. The molecule has 0 radical (unpaired) electrons. The van der Waals surface area contributed by atoms with Gasteiger partial charge in [-0.1, -0.05) is 13.8 Å². The fraction of sp³-hybridized carbons (Fsp3) is 0.636. The van der Waals surface area contributed by atoms with Gasteiger partial charge in [-0.3, -0.25) is 4.79 Å². The Bertz CT molecular complexity index is 332. The summed E-state index contributed by atoms with van der Waals surface area (Å²) in [5.41, 5.74) is 6.01. The first-order valence-corrected chi connectivity index (χ1v) is 6.54. The van der Waals surface area contributed by atoms with E-state index >= 15 is 0 Å². The highest BCUT2D eigenvalue weighted by Gasteiger charge is 2.16. The Labute approximate surface area is 100 Å². The summed E-state index contributed by atoms with van der Waals surface area (Å²) in [5.74, 6) is 0.0275. The van der Waals surface area contributed by atoms with Gasteiger partial charge in [-0.2, -0.15) is 0 Å². The molecule has 1 aromatic heterocycles. The van der Waals surface area contributed by atoms with Gasteiger partial charge in [0.2, 0.25) is 0 Å². The molecule has 0 saturated heterocycles. The van der Waals surface area contributed by atoms with Gasteiger partial charge in [0.15, 0.2) is 0 Å². The second-order valence-corrected chi connectivity index (χ2v) is 4.57. The van der Waals surface area contributed by atoms with Gasteiger partial charge in [0, 0.05) is 25.0 Å². The molecule has 0 aliphatic rings. The Hall–Kier alpha value is -0.940. The first kappa shape index (κ1) is 13.1. The zero-order chi connectivity index (χ0) is 12.0. The second kappa shape index (κ2) is 6.60. The smallest absolute Gasteiger partial charge is 0.273 e. The van der Waals surface area contributed by atoms with Crippen molar-refractivity contribution in [1.82, 2.24) is 9.88 Å². The van der Waals surface area contributed by atoms with Crippen LogP contribution in [0.15, 0.2) is 5.38 Å². The third-order valence-corrected chi connectivity index (χ3v) is 3.09. The SMILES string of the molecule is CCCN(CCC)C(=O)c1csc(CN)n1. The lowest BCUT2D eigenvalue weighted by Gasteiger charge is -2.20. The van der Waals surface area contributed by atoms with E-state index in [2.05, 4.69) is 18.8 Å². The van der Waals surface area contributed by atoms with E-state index in [0.717, 1.165) is 30.9 Å². The highest BCUT2D eigenvalue weighted by molar-refractivity contribution is 7.09. The van der Waals surface area contributed by atoms with Gasteiger partial charge >= 0.3 is 0 Å². The molecule has 5 heteroatoms. The van der Waals surface area contributed by atoms with Crippen LogP contribution in [0.4, 0.5) is 0 Å².